The highest BCUT2D eigenvalue weighted by Crippen LogP contribution is 2.10. The van der Waals surface area contributed by atoms with Crippen LogP contribution < -0.4 is 10.6 Å². The number of nitrogens with zero attached hydrogens (tertiary/aromatic N) is 2. The smallest absolute Gasteiger partial charge is 0.191 e. The highest BCUT2D eigenvalue weighted by molar-refractivity contribution is 5.79. The maximum Gasteiger partial charge on any atom is 0.191 e. The molecule has 0 aliphatic rings. The number of nitrogens with one attached hydrogen (secondary N) is 2. The van der Waals surface area contributed by atoms with E-state index in [4.69, 9.17) is 9.47 Å². The monoisotopic (exact) mass is 344 g/mol. The van der Waals surface area contributed by atoms with Gasteiger partial charge in [-0.05, 0) is 31.8 Å². The van der Waals surface area contributed by atoms with E-state index in [0.29, 0.717) is 25.2 Å². The second kappa shape index (κ2) is 15.7. The summed E-state index contributed by atoms with van der Waals surface area (Å²) in [5.41, 5.74) is 0. The van der Waals surface area contributed by atoms with Gasteiger partial charge in [-0.25, -0.2) is 0 Å². The summed E-state index contributed by atoms with van der Waals surface area (Å²) >= 11 is 0. The van der Waals surface area contributed by atoms with E-state index in [-0.39, 0.29) is 0 Å². The Hall–Kier alpha value is -0.850. The first kappa shape index (κ1) is 23.1. The first-order chi connectivity index (χ1) is 11.6. The fraction of sp³-hybridized carbons (Fsp3) is 0.944. The molecule has 1 atom stereocenters. The Labute approximate surface area is 149 Å². The lowest BCUT2D eigenvalue weighted by molar-refractivity contribution is 0.0698. The van der Waals surface area contributed by atoms with Crippen LogP contribution in [-0.2, 0) is 9.47 Å². The molecule has 0 bridgehead atoms. The van der Waals surface area contributed by atoms with E-state index in [1.807, 2.05) is 7.05 Å². The average molecular weight is 345 g/mol. The zero-order valence-electron chi connectivity index (χ0n) is 16.7. The van der Waals surface area contributed by atoms with Gasteiger partial charge in [0.2, 0.25) is 0 Å². The van der Waals surface area contributed by atoms with E-state index in [1.54, 1.807) is 7.11 Å². The summed E-state index contributed by atoms with van der Waals surface area (Å²) in [6, 6.07) is 0.538. The highest BCUT2D eigenvalue weighted by atomic mass is 16.5. The zero-order valence-corrected chi connectivity index (χ0v) is 16.7. The molecule has 0 aromatic heterocycles. The Balaban J connectivity index is 4.10. The number of hydrogen-bond acceptors (Lipinski definition) is 4. The fourth-order valence-corrected chi connectivity index (χ4v) is 2.71. The number of aliphatic imine (C=N–C) groups is 1. The second-order valence-corrected chi connectivity index (χ2v) is 6.34. The van der Waals surface area contributed by atoms with Crippen LogP contribution in [0.2, 0.25) is 0 Å². The van der Waals surface area contributed by atoms with Crippen LogP contribution in [0.4, 0.5) is 0 Å². The van der Waals surface area contributed by atoms with Crippen molar-refractivity contribution in [3.05, 3.63) is 0 Å². The molecule has 0 aliphatic heterocycles. The number of methoxy groups -OCH3 is 1. The summed E-state index contributed by atoms with van der Waals surface area (Å²) in [6.07, 6.45) is 2.15. The predicted octanol–water partition coefficient (Wildman–Crippen LogP) is 1.96. The van der Waals surface area contributed by atoms with Gasteiger partial charge in [0.25, 0.3) is 0 Å². The molecule has 0 aromatic carbocycles. The lowest BCUT2D eigenvalue weighted by atomic mass is 10.0. The van der Waals surface area contributed by atoms with E-state index in [1.165, 1.54) is 6.42 Å². The van der Waals surface area contributed by atoms with Crippen molar-refractivity contribution >= 4 is 5.96 Å². The van der Waals surface area contributed by atoms with Gasteiger partial charge in [-0.15, -0.1) is 0 Å². The van der Waals surface area contributed by atoms with Crippen LogP contribution in [0.15, 0.2) is 4.99 Å². The topological polar surface area (TPSA) is 58.1 Å². The summed E-state index contributed by atoms with van der Waals surface area (Å²) in [5, 5.41) is 6.82. The Kier molecular flexibility index (Phi) is 15.1. The van der Waals surface area contributed by atoms with Crippen molar-refractivity contribution in [2.45, 2.75) is 46.6 Å². The minimum atomic E-state index is 0.538. The van der Waals surface area contributed by atoms with Gasteiger partial charge in [0.05, 0.1) is 13.2 Å². The molecule has 0 fully saturated rings. The molecule has 2 N–H and O–H groups in total. The van der Waals surface area contributed by atoms with Gasteiger partial charge in [0.15, 0.2) is 5.96 Å². The van der Waals surface area contributed by atoms with E-state index < -0.39 is 0 Å². The minimum Gasteiger partial charge on any atom is -0.382 e. The van der Waals surface area contributed by atoms with Crippen molar-refractivity contribution < 1.29 is 9.47 Å². The second-order valence-electron chi connectivity index (χ2n) is 6.34. The molecule has 6 nitrogen and oxygen atoms in total. The Morgan fingerprint density at radius 2 is 1.79 bits per heavy atom. The van der Waals surface area contributed by atoms with Crippen LogP contribution >= 0.6 is 0 Å². The summed E-state index contributed by atoms with van der Waals surface area (Å²) in [4.78, 5) is 6.83. The molecule has 0 aliphatic carbocycles. The first-order valence-electron chi connectivity index (χ1n) is 9.34. The SMILES string of the molecule is CCN(CC)C(CNC(=NC)NCCCOCCOC)CC(C)C. The number of likely N-dealkylation sites (N-methyl/N-ethyl adjacent to an activating group) is 1. The van der Waals surface area contributed by atoms with E-state index in [9.17, 15) is 0 Å². The first-order valence-corrected chi connectivity index (χ1v) is 9.34. The van der Waals surface area contributed by atoms with Gasteiger partial charge in [-0.3, -0.25) is 9.89 Å². The van der Waals surface area contributed by atoms with Crippen LogP contribution in [-0.4, -0.2) is 77.1 Å². The molecule has 0 aromatic rings. The van der Waals surface area contributed by atoms with Gasteiger partial charge in [0.1, 0.15) is 0 Å². The van der Waals surface area contributed by atoms with Gasteiger partial charge in [-0.2, -0.15) is 0 Å². The van der Waals surface area contributed by atoms with Gasteiger partial charge in [-0.1, -0.05) is 27.7 Å². The van der Waals surface area contributed by atoms with Crippen molar-refractivity contribution in [2.75, 3.05) is 60.2 Å². The Bertz CT molecular complexity index is 307. The van der Waals surface area contributed by atoms with Crippen molar-refractivity contribution in [1.82, 2.24) is 15.5 Å². The number of rotatable bonds is 14. The van der Waals surface area contributed by atoms with Crippen molar-refractivity contribution in [2.24, 2.45) is 10.9 Å². The molecule has 6 heteroatoms. The van der Waals surface area contributed by atoms with Gasteiger partial charge >= 0.3 is 0 Å². The molecule has 144 valence electrons. The molecule has 1 unspecified atom stereocenters. The predicted molar refractivity (Wildman–Crippen MR) is 103 cm³/mol. The summed E-state index contributed by atoms with van der Waals surface area (Å²) in [5.74, 6) is 1.56. The molecular formula is C18H40N4O2. The van der Waals surface area contributed by atoms with Gasteiger partial charge in [0, 0.05) is 39.9 Å². The summed E-state index contributed by atoms with van der Waals surface area (Å²) in [6.45, 7) is 15.0. The van der Waals surface area contributed by atoms with Crippen molar-refractivity contribution in [3.63, 3.8) is 0 Å². The maximum atomic E-state index is 5.46. The third kappa shape index (κ3) is 11.6. The number of hydrogen-bond donors (Lipinski definition) is 2. The van der Waals surface area contributed by atoms with E-state index in [0.717, 1.165) is 45.2 Å². The Morgan fingerprint density at radius 3 is 2.33 bits per heavy atom. The summed E-state index contributed by atoms with van der Waals surface area (Å²) in [7, 11) is 3.50. The zero-order chi connectivity index (χ0) is 18.2. The molecule has 0 heterocycles. The van der Waals surface area contributed by atoms with Gasteiger partial charge < -0.3 is 20.1 Å². The van der Waals surface area contributed by atoms with Crippen LogP contribution in [0, 0.1) is 5.92 Å². The molecule has 0 rings (SSSR count). The van der Waals surface area contributed by atoms with Crippen LogP contribution in [0.25, 0.3) is 0 Å². The van der Waals surface area contributed by atoms with E-state index in [2.05, 4.69) is 48.2 Å². The highest BCUT2D eigenvalue weighted by Gasteiger charge is 2.17. The lowest BCUT2D eigenvalue weighted by Gasteiger charge is -2.31. The normalized spacial score (nSPS) is 13.6. The van der Waals surface area contributed by atoms with Crippen LogP contribution in [0.1, 0.15) is 40.5 Å². The fourth-order valence-electron chi connectivity index (χ4n) is 2.71. The Morgan fingerprint density at radius 1 is 1.08 bits per heavy atom. The molecule has 0 radical (unpaired) electrons. The maximum absolute atomic E-state index is 5.46. The van der Waals surface area contributed by atoms with Crippen molar-refractivity contribution in [1.29, 1.82) is 0 Å². The molecular weight excluding hydrogens is 304 g/mol. The lowest BCUT2D eigenvalue weighted by Crippen LogP contribution is -2.47. The number of ether oxygens (including phenoxy) is 2. The third-order valence-corrected chi connectivity index (χ3v) is 3.99. The molecule has 0 saturated heterocycles. The third-order valence-electron chi connectivity index (χ3n) is 3.99. The molecule has 0 amide bonds. The average Bonchev–Trinajstić information content (AvgIpc) is 2.57. The minimum absolute atomic E-state index is 0.538. The largest absolute Gasteiger partial charge is 0.382 e. The van der Waals surface area contributed by atoms with Crippen molar-refractivity contribution in [3.8, 4) is 0 Å². The van der Waals surface area contributed by atoms with E-state index >= 15 is 0 Å². The standard InChI is InChI=1S/C18H40N4O2/c1-7-22(8-2)17(14-16(3)4)15-21-18(19-5)20-10-9-11-24-13-12-23-6/h16-17H,7-15H2,1-6H3,(H2,19,20,21). The molecule has 0 spiro atoms. The molecule has 0 saturated carbocycles. The molecule has 24 heavy (non-hydrogen) atoms. The van der Waals surface area contributed by atoms with Crippen LogP contribution in [0.3, 0.4) is 0 Å². The summed E-state index contributed by atoms with van der Waals surface area (Å²) < 4.78 is 10.4. The quantitative estimate of drug-likeness (QED) is 0.287. The number of guanidine groups is 1. The van der Waals surface area contributed by atoms with Crippen LogP contribution in [0.5, 0.6) is 0 Å².